The van der Waals surface area contributed by atoms with Gasteiger partial charge in [-0.3, -0.25) is 0 Å². The fourth-order valence-corrected chi connectivity index (χ4v) is 3.02. The molecule has 0 aliphatic heterocycles. The molecule has 0 aliphatic carbocycles. The third kappa shape index (κ3) is 1.87. The average molecular weight is 208 g/mol. The van der Waals surface area contributed by atoms with E-state index in [9.17, 15) is 4.21 Å². The SMILES string of the molecule is O=S(c1ccccc1)c1ccsc1. The molecule has 0 fully saturated rings. The van der Waals surface area contributed by atoms with Gasteiger partial charge in [-0.15, -0.1) is 0 Å². The van der Waals surface area contributed by atoms with Gasteiger partial charge in [-0.2, -0.15) is 11.3 Å². The largest absolute Gasteiger partial charge is 0.249 e. The van der Waals surface area contributed by atoms with Crippen molar-refractivity contribution in [2.24, 2.45) is 0 Å². The molecule has 1 atom stereocenters. The lowest BCUT2D eigenvalue weighted by atomic mass is 10.4. The highest BCUT2D eigenvalue weighted by atomic mass is 32.2. The summed E-state index contributed by atoms with van der Waals surface area (Å²) in [5, 5.41) is 3.86. The summed E-state index contributed by atoms with van der Waals surface area (Å²) < 4.78 is 11.8. The first-order valence-electron chi connectivity index (χ1n) is 3.87. The van der Waals surface area contributed by atoms with Crippen LogP contribution in [0.1, 0.15) is 0 Å². The standard InChI is InChI=1S/C10H8OS2/c11-13(10-6-7-12-8-10)9-4-2-1-3-5-9/h1-8H. The normalized spacial score (nSPS) is 12.6. The minimum atomic E-state index is -1.01. The van der Waals surface area contributed by atoms with E-state index in [2.05, 4.69) is 0 Å². The van der Waals surface area contributed by atoms with Crippen LogP contribution in [0.3, 0.4) is 0 Å². The van der Waals surface area contributed by atoms with Gasteiger partial charge in [-0.25, -0.2) is 4.21 Å². The predicted octanol–water partition coefficient (Wildman–Crippen LogP) is 2.91. The monoisotopic (exact) mass is 208 g/mol. The third-order valence-corrected chi connectivity index (χ3v) is 3.88. The van der Waals surface area contributed by atoms with E-state index in [0.717, 1.165) is 9.79 Å². The van der Waals surface area contributed by atoms with Crippen molar-refractivity contribution in [1.82, 2.24) is 0 Å². The molecule has 0 bridgehead atoms. The Bertz CT molecular complexity index is 392. The zero-order valence-corrected chi connectivity index (χ0v) is 8.48. The van der Waals surface area contributed by atoms with E-state index in [1.807, 2.05) is 47.2 Å². The van der Waals surface area contributed by atoms with Gasteiger partial charge < -0.3 is 0 Å². The fraction of sp³-hybridized carbons (Fsp3) is 0. The van der Waals surface area contributed by atoms with Gasteiger partial charge in [0.25, 0.3) is 0 Å². The predicted molar refractivity (Wildman–Crippen MR) is 55.4 cm³/mol. The molecule has 1 aromatic heterocycles. The Balaban J connectivity index is 2.34. The molecule has 1 unspecified atom stereocenters. The molecule has 2 aromatic rings. The Kier molecular flexibility index (Phi) is 2.57. The van der Waals surface area contributed by atoms with Crippen molar-refractivity contribution in [2.75, 3.05) is 0 Å². The summed E-state index contributed by atoms with van der Waals surface area (Å²) in [6.45, 7) is 0. The molecule has 13 heavy (non-hydrogen) atoms. The van der Waals surface area contributed by atoms with E-state index in [4.69, 9.17) is 0 Å². The van der Waals surface area contributed by atoms with Gasteiger partial charge in [0, 0.05) is 10.3 Å². The van der Waals surface area contributed by atoms with Crippen LogP contribution in [0.15, 0.2) is 56.9 Å². The van der Waals surface area contributed by atoms with E-state index in [-0.39, 0.29) is 0 Å². The Labute approximate surface area is 83.5 Å². The lowest BCUT2D eigenvalue weighted by Gasteiger charge is -1.97. The molecule has 1 aromatic carbocycles. The van der Waals surface area contributed by atoms with Crippen LogP contribution in [0.2, 0.25) is 0 Å². The van der Waals surface area contributed by atoms with Gasteiger partial charge >= 0.3 is 0 Å². The highest BCUT2D eigenvalue weighted by Crippen LogP contribution is 2.17. The first kappa shape index (κ1) is 8.66. The minimum absolute atomic E-state index is 0.862. The quantitative estimate of drug-likeness (QED) is 0.741. The summed E-state index contributed by atoms with van der Waals surface area (Å²) in [5.74, 6) is 0. The maximum Gasteiger partial charge on any atom is 0.0858 e. The van der Waals surface area contributed by atoms with Gasteiger partial charge in [0.15, 0.2) is 0 Å². The zero-order chi connectivity index (χ0) is 9.10. The summed E-state index contributed by atoms with van der Waals surface area (Å²) in [6, 6.07) is 11.4. The second-order valence-corrected chi connectivity index (χ2v) is 4.80. The molecule has 2 rings (SSSR count). The van der Waals surface area contributed by atoms with Crippen LogP contribution in [0.4, 0.5) is 0 Å². The van der Waals surface area contributed by atoms with Crippen LogP contribution in [0.25, 0.3) is 0 Å². The molecule has 0 N–H and O–H groups in total. The third-order valence-electron chi connectivity index (χ3n) is 1.67. The second kappa shape index (κ2) is 3.85. The number of benzene rings is 1. The molecule has 0 saturated carbocycles. The molecule has 0 saturated heterocycles. The summed E-state index contributed by atoms with van der Waals surface area (Å²) in [4.78, 5) is 1.75. The molecule has 0 spiro atoms. The van der Waals surface area contributed by atoms with Crippen LogP contribution < -0.4 is 0 Å². The van der Waals surface area contributed by atoms with E-state index in [1.54, 1.807) is 11.3 Å². The molecule has 0 aliphatic rings. The Morgan fingerprint density at radius 3 is 2.38 bits per heavy atom. The van der Waals surface area contributed by atoms with Crippen LogP contribution >= 0.6 is 11.3 Å². The highest BCUT2D eigenvalue weighted by Gasteiger charge is 2.05. The molecule has 0 radical (unpaired) electrons. The fourth-order valence-electron chi connectivity index (χ4n) is 1.04. The molecular formula is C10H8OS2. The number of hydrogen-bond donors (Lipinski definition) is 0. The number of rotatable bonds is 2. The molecule has 66 valence electrons. The van der Waals surface area contributed by atoms with Crippen molar-refractivity contribution in [3.05, 3.63) is 47.2 Å². The van der Waals surface area contributed by atoms with Gasteiger partial charge in [-0.1, -0.05) is 18.2 Å². The van der Waals surface area contributed by atoms with Gasteiger partial charge in [0.2, 0.25) is 0 Å². The first-order chi connectivity index (χ1) is 6.38. The average Bonchev–Trinajstić information content (AvgIpc) is 2.71. The summed E-state index contributed by atoms with van der Waals surface area (Å²) in [7, 11) is -1.01. The van der Waals surface area contributed by atoms with Crippen molar-refractivity contribution in [2.45, 2.75) is 9.79 Å². The van der Waals surface area contributed by atoms with Crippen LogP contribution in [0, 0.1) is 0 Å². The van der Waals surface area contributed by atoms with Crippen LogP contribution in [0.5, 0.6) is 0 Å². The summed E-state index contributed by atoms with van der Waals surface area (Å²) in [5.41, 5.74) is 0. The lowest BCUT2D eigenvalue weighted by molar-refractivity contribution is 0.683. The molecule has 0 amide bonds. The summed E-state index contributed by atoms with van der Waals surface area (Å²) in [6.07, 6.45) is 0. The second-order valence-electron chi connectivity index (χ2n) is 2.54. The van der Waals surface area contributed by atoms with Crippen LogP contribution in [-0.2, 0) is 10.8 Å². The van der Waals surface area contributed by atoms with Gasteiger partial charge in [0.05, 0.1) is 15.7 Å². The Hall–Kier alpha value is -0.930. The first-order valence-corrected chi connectivity index (χ1v) is 5.96. The molecule has 1 nitrogen and oxygen atoms in total. The zero-order valence-electron chi connectivity index (χ0n) is 6.84. The van der Waals surface area contributed by atoms with Crippen molar-refractivity contribution in [3.63, 3.8) is 0 Å². The number of thiophene rings is 1. The Morgan fingerprint density at radius 2 is 1.77 bits per heavy atom. The topological polar surface area (TPSA) is 17.1 Å². The smallest absolute Gasteiger partial charge is 0.0858 e. The van der Waals surface area contributed by atoms with E-state index >= 15 is 0 Å². The van der Waals surface area contributed by atoms with Crippen molar-refractivity contribution >= 4 is 22.1 Å². The van der Waals surface area contributed by atoms with Gasteiger partial charge in [0.1, 0.15) is 0 Å². The lowest BCUT2D eigenvalue weighted by Crippen LogP contribution is -1.88. The Morgan fingerprint density at radius 1 is 1.00 bits per heavy atom. The molecule has 3 heteroatoms. The molecular weight excluding hydrogens is 200 g/mol. The van der Waals surface area contributed by atoms with Crippen LogP contribution in [-0.4, -0.2) is 4.21 Å². The van der Waals surface area contributed by atoms with Crippen molar-refractivity contribution < 1.29 is 4.21 Å². The van der Waals surface area contributed by atoms with E-state index < -0.39 is 10.8 Å². The van der Waals surface area contributed by atoms with E-state index in [0.29, 0.717) is 0 Å². The highest BCUT2D eigenvalue weighted by molar-refractivity contribution is 7.85. The maximum atomic E-state index is 11.8. The van der Waals surface area contributed by atoms with Crippen molar-refractivity contribution in [1.29, 1.82) is 0 Å². The van der Waals surface area contributed by atoms with E-state index in [1.165, 1.54) is 0 Å². The minimum Gasteiger partial charge on any atom is -0.249 e. The summed E-state index contributed by atoms with van der Waals surface area (Å²) >= 11 is 1.57. The maximum absolute atomic E-state index is 11.8. The number of hydrogen-bond acceptors (Lipinski definition) is 2. The van der Waals surface area contributed by atoms with Crippen molar-refractivity contribution in [3.8, 4) is 0 Å². The molecule has 1 heterocycles. The van der Waals surface area contributed by atoms with Gasteiger partial charge in [-0.05, 0) is 23.6 Å².